The van der Waals surface area contributed by atoms with E-state index in [0.717, 1.165) is 0 Å². The molecular weight excluding hydrogens is 280 g/mol. The standard InChI is InChI=1S/C12H20N4O3S/c1-8(2)16-11(17)6-7-15-9-4-3-5-10(12(9)13)20(14,18)19/h3-5,8,15H,6-7,13H2,1-2H3,(H,16,17)(H2,14,18,19). The average Bonchev–Trinajstić information content (AvgIpc) is 2.28. The highest BCUT2D eigenvalue weighted by Crippen LogP contribution is 2.25. The van der Waals surface area contributed by atoms with E-state index in [9.17, 15) is 13.2 Å². The lowest BCUT2D eigenvalue weighted by Gasteiger charge is -2.12. The summed E-state index contributed by atoms with van der Waals surface area (Å²) in [7, 11) is -3.86. The van der Waals surface area contributed by atoms with Crippen LogP contribution >= 0.6 is 0 Å². The van der Waals surface area contributed by atoms with Crippen LogP contribution in [0.1, 0.15) is 20.3 Å². The Hall–Kier alpha value is -1.80. The second-order valence-corrected chi connectivity index (χ2v) is 6.19. The van der Waals surface area contributed by atoms with Gasteiger partial charge in [0.05, 0.1) is 11.4 Å². The molecule has 0 aliphatic rings. The molecule has 0 aliphatic carbocycles. The summed E-state index contributed by atoms with van der Waals surface area (Å²) in [5, 5.41) is 10.7. The number of carbonyl (C=O) groups is 1. The summed E-state index contributed by atoms with van der Waals surface area (Å²) in [5.41, 5.74) is 6.24. The monoisotopic (exact) mass is 300 g/mol. The van der Waals surface area contributed by atoms with Crippen LogP contribution in [0.15, 0.2) is 23.1 Å². The van der Waals surface area contributed by atoms with E-state index in [4.69, 9.17) is 10.9 Å². The molecule has 0 heterocycles. The van der Waals surface area contributed by atoms with E-state index in [-0.39, 0.29) is 29.0 Å². The Kier molecular flexibility index (Phi) is 5.34. The van der Waals surface area contributed by atoms with Gasteiger partial charge in [-0.1, -0.05) is 6.07 Å². The second-order valence-electron chi connectivity index (χ2n) is 4.66. The zero-order valence-electron chi connectivity index (χ0n) is 11.5. The summed E-state index contributed by atoms with van der Waals surface area (Å²) < 4.78 is 22.6. The van der Waals surface area contributed by atoms with Crippen molar-refractivity contribution in [1.82, 2.24) is 5.32 Å². The van der Waals surface area contributed by atoms with Crippen LogP contribution in [-0.4, -0.2) is 26.9 Å². The number of carbonyl (C=O) groups excluding carboxylic acids is 1. The third-order valence-electron chi connectivity index (χ3n) is 2.49. The molecule has 0 aromatic heterocycles. The number of hydrogen-bond donors (Lipinski definition) is 4. The Balaban J connectivity index is 2.68. The van der Waals surface area contributed by atoms with E-state index in [0.29, 0.717) is 12.2 Å². The maximum absolute atomic E-state index is 11.5. The minimum absolute atomic E-state index is 0.0549. The molecular formula is C12H20N4O3S. The fourth-order valence-corrected chi connectivity index (χ4v) is 2.34. The van der Waals surface area contributed by atoms with E-state index in [2.05, 4.69) is 10.6 Å². The fraction of sp³-hybridized carbons (Fsp3) is 0.417. The third kappa shape index (κ3) is 4.71. The van der Waals surface area contributed by atoms with E-state index in [1.54, 1.807) is 6.07 Å². The number of rotatable bonds is 6. The van der Waals surface area contributed by atoms with Gasteiger partial charge < -0.3 is 16.4 Å². The number of nitrogens with two attached hydrogens (primary N) is 2. The number of amides is 1. The molecule has 7 nitrogen and oxygen atoms in total. The Bertz CT molecular complexity index is 584. The minimum Gasteiger partial charge on any atom is -0.396 e. The zero-order chi connectivity index (χ0) is 15.3. The van der Waals surface area contributed by atoms with Crippen molar-refractivity contribution in [2.24, 2.45) is 5.14 Å². The van der Waals surface area contributed by atoms with Crippen molar-refractivity contribution >= 4 is 27.3 Å². The molecule has 0 atom stereocenters. The molecule has 6 N–H and O–H groups in total. The van der Waals surface area contributed by atoms with Gasteiger partial charge in [-0.3, -0.25) is 4.79 Å². The molecule has 0 aliphatic heterocycles. The summed E-state index contributed by atoms with van der Waals surface area (Å²) in [6.45, 7) is 4.09. The van der Waals surface area contributed by atoms with Gasteiger partial charge in [0, 0.05) is 19.0 Å². The molecule has 112 valence electrons. The number of hydrogen-bond acceptors (Lipinski definition) is 5. The summed E-state index contributed by atoms with van der Waals surface area (Å²) >= 11 is 0. The number of anilines is 2. The van der Waals surface area contributed by atoms with Crippen LogP contribution in [0.4, 0.5) is 11.4 Å². The van der Waals surface area contributed by atoms with Crippen molar-refractivity contribution in [3.05, 3.63) is 18.2 Å². The van der Waals surface area contributed by atoms with Crippen molar-refractivity contribution in [1.29, 1.82) is 0 Å². The molecule has 20 heavy (non-hydrogen) atoms. The maximum Gasteiger partial charge on any atom is 0.240 e. The Morgan fingerprint density at radius 1 is 1.35 bits per heavy atom. The molecule has 0 saturated heterocycles. The molecule has 0 fully saturated rings. The Labute approximate surface area is 118 Å². The number of nitrogens with one attached hydrogen (secondary N) is 2. The summed E-state index contributed by atoms with van der Waals surface area (Å²) in [5.74, 6) is -0.0892. The third-order valence-corrected chi connectivity index (χ3v) is 3.46. The fourth-order valence-electron chi connectivity index (χ4n) is 1.65. The molecule has 0 bridgehead atoms. The lowest BCUT2D eigenvalue weighted by Crippen LogP contribution is -2.31. The average molecular weight is 300 g/mol. The summed E-state index contributed by atoms with van der Waals surface area (Å²) in [6.07, 6.45) is 0.261. The van der Waals surface area contributed by atoms with Crippen LogP contribution in [0.3, 0.4) is 0 Å². The van der Waals surface area contributed by atoms with Crippen LogP contribution in [0.2, 0.25) is 0 Å². The number of primary sulfonamides is 1. The normalized spacial score (nSPS) is 11.4. The lowest BCUT2D eigenvalue weighted by molar-refractivity contribution is -0.121. The molecule has 1 aromatic carbocycles. The lowest BCUT2D eigenvalue weighted by atomic mass is 10.2. The van der Waals surface area contributed by atoms with Gasteiger partial charge in [-0.05, 0) is 26.0 Å². The maximum atomic E-state index is 11.5. The van der Waals surface area contributed by atoms with Gasteiger partial charge in [-0.15, -0.1) is 0 Å². The van der Waals surface area contributed by atoms with Gasteiger partial charge in [-0.25, -0.2) is 13.6 Å². The first kappa shape index (κ1) is 16.3. The highest BCUT2D eigenvalue weighted by Gasteiger charge is 2.14. The zero-order valence-corrected chi connectivity index (χ0v) is 12.3. The molecule has 1 amide bonds. The van der Waals surface area contributed by atoms with Crippen LogP contribution in [0.25, 0.3) is 0 Å². The highest BCUT2D eigenvalue weighted by molar-refractivity contribution is 7.89. The van der Waals surface area contributed by atoms with Crippen LogP contribution < -0.4 is 21.5 Å². The number of nitrogen functional groups attached to an aromatic ring is 1. The van der Waals surface area contributed by atoms with Gasteiger partial charge >= 0.3 is 0 Å². The Morgan fingerprint density at radius 2 is 2.00 bits per heavy atom. The predicted molar refractivity (Wildman–Crippen MR) is 78.6 cm³/mol. The molecule has 0 radical (unpaired) electrons. The second kappa shape index (κ2) is 6.58. The summed E-state index contributed by atoms with van der Waals surface area (Å²) in [4.78, 5) is 11.3. The quantitative estimate of drug-likeness (QED) is 0.560. The topological polar surface area (TPSA) is 127 Å². The molecule has 1 rings (SSSR count). The number of para-hydroxylation sites is 1. The van der Waals surface area contributed by atoms with Crippen LogP contribution in [0, 0.1) is 0 Å². The number of sulfonamides is 1. The summed E-state index contributed by atoms with van der Waals surface area (Å²) in [6, 6.07) is 4.58. The molecule has 0 saturated carbocycles. The smallest absolute Gasteiger partial charge is 0.240 e. The molecule has 8 heteroatoms. The van der Waals surface area contributed by atoms with Crippen molar-refractivity contribution in [2.75, 3.05) is 17.6 Å². The molecule has 0 spiro atoms. The van der Waals surface area contributed by atoms with E-state index in [1.165, 1.54) is 12.1 Å². The van der Waals surface area contributed by atoms with E-state index < -0.39 is 10.0 Å². The van der Waals surface area contributed by atoms with Gasteiger partial charge in [-0.2, -0.15) is 0 Å². The van der Waals surface area contributed by atoms with Crippen LogP contribution in [-0.2, 0) is 14.8 Å². The van der Waals surface area contributed by atoms with Gasteiger partial charge in [0.1, 0.15) is 4.90 Å². The first-order chi connectivity index (χ1) is 9.21. The predicted octanol–water partition coefficient (Wildman–Crippen LogP) is 0.243. The Morgan fingerprint density at radius 3 is 2.55 bits per heavy atom. The SMILES string of the molecule is CC(C)NC(=O)CCNc1cccc(S(N)(=O)=O)c1N. The van der Waals surface area contributed by atoms with Crippen molar-refractivity contribution in [3.8, 4) is 0 Å². The van der Waals surface area contributed by atoms with Crippen molar-refractivity contribution in [3.63, 3.8) is 0 Å². The van der Waals surface area contributed by atoms with Gasteiger partial charge in [0.2, 0.25) is 15.9 Å². The minimum atomic E-state index is -3.86. The van der Waals surface area contributed by atoms with Crippen LogP contribution in [0.5, 0.6) is 0 Å². The first-order valence-electron chi connectivity index (χ1n) is 6.16. The van der Waals surface area contributed by atoms with Gasteiger partial charge in [0.25, 0.3) is 0 Å². The highest BCUT2D eigenvalue weighted by atomic mass is 32.2. The van der Waals surface area contributed by atoms with Crippen molar-refractivity contribution < 1.29 is 13.2 Å². The molecule has 1 aromatic rings. The van der Waals surface area contributed by atoms with Gasteiger partial charge in [0.15, 0.2) is 0 Å². The largest absolute Gasteiger partial charge is 0.396 e. The number of benzene rings is 1. The molecule has 0 unspecified atom stereocenters. The van der Waals surface area contributed by atoms with Crippen molar-refractivity contribution in [2.45, 2.75) is 31.2 Å². The van der Waals surface area contributed by atoms with E-state index >= 15 is 0 Å². The first-order valence-corrected chi connectivity index (χ1v) is 7.71. The van der Waals surface area contributed by atoms with E-state index in [1.807, 2.05) is 13.8 Å².